The number of halogens is 2. The molecule has 0 fully saturated rings. The number of imidazole rings is 1. The first kappa shape index (κ1) is 13.1. The minimum absolute atomic E-state index is 0.390. The van der Waals surface area contributed by atoms with Crippen LogP contribution in [0.1, 0.15) is 11.4 Å². The molecule has 0 saturated carbocycles. The molecule has 102 valence electrons. The lowest BCUT2D eigenvalue weighted by atomic mass is 10.3. The Bertz CT molecular complexity index is 780. The van der Waals surface area contributed by atoms with Crippen LogP contribution >= 0.6 is 23.2 Å². The van der Waals surface area contributed by atoms with Gasteiger partial charge in [0.1, 0.15) is 0 Å². The van der Waals surface area contributed by atoms with E-state index in [0.29, 0.717) is 28.1 Å². The zero-order valence-electron chi connectivity index (χ0n) is 10.6. The van der Waals surface area contributed by atoms with Crippen molar-refractivity contribution in [1.82, 2.24) is 19.5 Å². The van der Waals surface area contributed by atoms with Gasteiger partial charge in [0.2, 0.25) is 5.95 Å². The Kier molecular flexibility index (Phi) is 3.23. The second-order valence-corrected chi connectivity index (χ2v) is 5.27. The molecule has 2 aromatic heterocycles. The number of nitrogens with zero attached hydrogens (tertiary/aromatic N) is 4. The van der Waals surface area contributed by atoms with Gasteiger partial charge in [-0.2, -0.15) is 0 Å². The minimum atomic E-state index is 0.390. The number of nitrogen functional groups attached to an aromatic ring is 1. The number of hydrogen-bond donors (Lipinski definition) is 1. The topological polar surface area (TPSA) is 69.6 Å². The van der Waals surface area contributed by atoms with E-state index in [1.807, 2.05) is 11.5 Å². The smallest absolute Gasteiger partial charge is 0.201 e. The molecule has 3 rings (SSSR count). The number of aromatic nitrogens is 4. The molecule has 1 aromatic carbocycles. The first-order valence-electron chi connectivity index (χ1n) is 5.93. The van der Waals surface area contributed by atoms with Crippen molar-refractivity contribution in [2.45, 2.75) is 13.5 Å². The van der Waals surface area contributed by atoms with Crippen LogP contribution in [0.2, 0.25) is 10.0 Å². The summed E-state index contributed by atoms with van der Waals surface area (Å²) in [5, 5.41) is 0.925. The fourth-order valence-electron chi connectivity index (χ4n) is 1.97. The molecule has 2 heterocycles. The van der Waals surface area contributed by atoms with Crippen molar-refractivity contribution >= 4 is 40.2 Å². The number of benzene rings is 1. The molecule has 0 radical (unpaired) electrons. The van der Waals surface area contributed by atoms with Crippen LogP contribution in [0.5, 0.6) is 0 Å². The van der Waals surface area contributed by atoms with E-state index in [1.165, 1.54) is 0 Å². The van der Waals surface area contributed by atoms with E-state index in [2.05, 4.69) is 15.0 Å². The SMILES string of the molecule is Cc1cnc(Cn2c(N)nc3cc(Cl)c(Cl)cc32)cn1. The Morgan fingerprint density at radius 1 is 1.15 bits per heavy atom. The first-order valence-corrected chi connectivity index (χ1v) is 6.68. The van der Waals surface area contributed by atoms with Gasteiger partial charge in [-0.15, -0.1) is 0 Å². The Morgan fingerprint density at radius 3 is 2.60 bits per heavy atom. The van der Waals surface area contributed by atoms with Crippen LogP contribution in [0, 0.1) is 6.92 Å². The molecule has 3 aromatic rings. The van der Waals surface area contributed by atoms with Gasteiger partial charge in [0.05, 0.1) is 45.2 Å². The van der Waals surface area contributed by atoms with Crippen molar-refractivity contribution in [3.8, 4) is 0 Å². The largest absolute Gasteiger partial charge is 0.369 e. The highest BCUT2D eigenvalue weighted by Gasteiger charge is 2.12. The van der Waals surface area contributed by atoms with Crippen molar-refractivity contribution in [3.63, 3.8) is 0 Å². The molecular weight excluding hydrogens is 297 g/mol. The molecule has 0 aliphatic carbocycles. The van der Waals surface area contributed by atoms with E-state index in [4.69, 9.17) is 28.9 Å². The van der Waals surface area contributed by atoms with Crippen molar-refractivity contribution in [3.05, 3.63) is 46.0 Å². The van der Waals surface area contributed by atoms with Crippen LogP contribution in [-0.4, -0.2) is 19.5 Å². The Morgan fingerprint density at radius 2 is 1.90 bits per heavy atom. The maximum absolute atomic E-state index is 6.05. The van der Waals surface area contributed by atoms with Crippen molar-refractivity contribution in [2.75, 3.05) is 5.73 Å². The summed E-state index contributed by atoms with van der Waals surface area (Å²) in [5.74, 6) is 0.390. The average molecular weight is 308 g/mol. The molecule has 0 bridgehead atoms. The van der Waals surface area contributed by atoms with E-state index in [0.717, 1.165) is 16.9 Å². The number of nitrogens with two attached hydrogens (primary N) is 1. The molecule has 5 nitrogen and oxygen atoms in total. The Balaban J connectivity index is 2.08. The standard InChI is InChI=1S/C13H11Cl2N5/c1-7-4-18-8(5-17-7)6-20-12-3-10(15)9(14)2-11(12)19-13(20)16/h2-5H,6H2,1H3,(H2,16,19). The lowest BCUT2D eigenvalue weighted by Gasteiger charge is -2.06. The molecule has 0 spiro atoms. The van der Waals surface area contributed by atoms with Gasteiger partial charge < -0.3 is 10.3 Å². The maximum atomic E-state index is 6.05. The third-order valence-corrected chi connectivity index (χ3v) is 3.70. The lowest BCUT2D eigenvalue weighted by molar-refractivity contribution is 0.798. The van der Waals surface area contributed by atoms with Crippen molar-refractivity contribution < 1.29 is 0 Å². The highest BCUT2D eigenvalue weighted by atomic mass is 35.5. The van der Waals surface area contributed by atoms with E-state index in [9.17, 15) is 0 Å². The monoisotopic (exact) mass is 307 g/mol. The van der Waals surface area contributed by atoms with Crippen molar-refractivity contribution in [1.29, 1.82) is 0 Å². The van der Waals surface area contributed by atoms with Crippen LogP contribution in [0.25, 0.3) is 11.0 Å². The summed E-state index contributed by atoms with van der Waals surface area (Å²) in [6, 6.07) is 3.46. The summed E-state index contributed by atoms with van der Waals surface area (Å²) in [6.07, 6.45) is 3.44. The predicted octanol–water partition coefficient (Wildman–Crippen LogP) is 3.07. The number of rotatable bonds is 2. The van der Waals surface area contributed by atoms with Gasteiger partial charge in [0.15, 0.2) is 0 Å². The predicted molar refractivity (Wildman–Crippen MR) is 80.0 cm³/mol. The van der Waals surface area contributed by atoms with Gasteiger partial charge in [-0.05, 0) is 19.1 Å². The number of aryl methyl sites for hydroxylation is 1. The van der Waals surface area contributed by atoms with Crippen LogP contribution in [-0.2, 0) is 6.54 Å². The van der Waals surface area contributed by atoms with E-state index >= 15 is 0 Å². The average Bonchev–Trinajstić information content (AvgIpc) is 2.69. The molecule has 0 atom stereocenters. The fourth-order valence-corrected chi connectivity index (χ4v) is 2.28. The third-order valence-electron chi connectivity index (χ3n) is 2.97. The van der Waals surface area contributed by atoms with E-state index in [-0.39, 0.29) is 0 Å². The van der Waals surface area contributed by atoms with Crippen LogP contribution in [0.15, 0.2) is 24.5 Å². The number of hydrogen-bond acceptors (Lipinski definition) is 4. The van der Waals surface area contributed by atoms with Gasteiger partial charge in [0, 0.05) is 6.20 Å². The van der Waals surface area contributed by atoms with E-state index in [1.54, 1.807) is 24.5 Å². The van der Waals surface area contributed by atoms with Gasteiger partial charge in [0.25, 0.3) is 0 Å². The second-order valence-electron chi connectivity index (χ2n) is 4.46. The van der Waals surface area contributed by atoms with Crippen LogP contribution < -0.4 is 5.73 Å². The molecule has 0 amide bonds. The summed E-state index contributed by atoms with van der Waals surface area (Å²) in [7, 11) is 0. The summed E-state index contributed by atoms with van der Waals surface area (Å²) in [5.41, 5.74) is 9.14. The maximum Gasteiger partial charge on any atom is 0.201 e. The first-order chi connectivity index (χ1) is 9.54. The normalized spacial score (nSPS) is 11.2. The molecule has 2 N–H and O–H groups in total. The molecular formula is C13H11Cl2N5. The summed E-state index contributed by atoms with van der Waals surface area (Å²) in [4.78, 5) is 12.8. The fraction of sp³-hybridized carbons (Fsp3) is 0.154. The van der Waals surface area contributed by atoms with Crippen LogP contribution in [0.3, 0.4) is 0 Å². The zero-order valence-corrected chi connectivity index (χ0v) is 12.2. The number of fused-ring (bicyclic) bond motifs is 1. The molecule has 0 unspecified atom stereocenters. The van der Waals surface area contributed by atoms with Gasteiger partial charge in [-0.25, -0.2) is 4.98 Å². The van der Waals surface area contributed by atoms with Gasteiger partial charge >= 0.3 is 0 Å². The van der Waals surface area contributed by atoms with Crippen LogP contribution in [0.4, 0.5) is 5.95 Å². The second kappa shape index (κ2) is 4.92. The summed E-state index contributed by atoms with van der Waals surface area (Å²) >= 11 is 12.0. The molecule has 7 heteroatoms. The molecule has 20 heavy (non-hydrogen) atoms. The van der Waals surface area contributed by atoms with Crippen molar-refractivity contribution in [2.24, 2.45) is 0 Å². The molecule has 0 saturated heterocycles. The molecule has 0 aliphatic heterocycles. The summed E-state index contributed by atoms with van der Waals surface area (Å²) in [6.45, 7) is 2.37. The Labute approximate surface area is 125 Å². The minimum Gasteiger partial charge on any atom is -0.369 e. The van der Waals surface area contributed by atoms with E-state index < -0.39 is 0 Å². The van der Waals surface area contributed by atoms with Gasteiger partial charge in [-0.1, -0.05) is 23.2 Å². The Hall–Kier alpha value is -1.85. The zero-order chi connectivity index (χ0) is 14.3. The lowest BCUT2D eigenvalue weighted by Crippen LogP contribution is -2.06. The highest BCUT2D eigenvalue weighted by Crippen LogP contribution is 2.29. The summed E-state index contributed by atoms with van der Waals surface area (Å²) < 4.78 is 1.83. The highest BCUT2D eigenvalue weighted by molar-refractivity contribution is 6.42. The molecule has 0 aliphatic rings. The quantitative estimate of drug-likeness (QED) is 0.790. The van der Waals surface area contributed by atoms with Gasteiger partial charge in [-0.3, -0.25) is 9.97 Å². The number of anilines is 1. The third kappa shape index (κ3) is 2.30.